The van der Waals surface area contributed by atoms with Gasteiger partial charge in [-0.15, -0.1) is 0 Å². The zero-order valence-electron chi connectivity index (χ0n) is 21.6. The minimum Gasteiger partial charge on any atom is -0.325 e. The molecule has 0 amide bonds. The molecule has 0 bridgehead atoms. The van der Waals surface area contributed by atoms with Crippen molar-refractivity contribution < 1.29 is 17.6 Å². The third kappa shape index (κ3) is 6.48. The molecule has 0 spiro atoms. The predicted molar refractivity (Wildman–Crippen MR) is 141 cm³/mol. The van der Waals surface area contributed by atoms with Crippen molar-refractivity contribution in [3.63, 3.8) is 0 Å². The maximum atomic E-state index is 14.0. The van der Waals surface area contributed by atoms with Gasteiger partial charge in [0.1, 0.15) is 11.6 Å². The van der Waals surface area contributed by atoms with Crippen molar-refractivity contribution in [2.24, 2.45) is 4.99 Å². The van der Waals surface area contributed by atoms with Gasteiger partial charge in [-0.25, -0.2) is 14.7 Å². The first-order valence-electron chi connectivity index (χ1n) is 12.8. The average molecular weight is 529 g/mol. The number of halogens is 4. The van der Waals surface area contributed by atoms with E-state index in [1.807, 2.05) is 0 Å². The topological polar surface area (TPSA) is 58.3 Å². The Morgan fingerprint density at radius 1 is 1.21 bits per heavy atom. The Labute approximate surface area is 220 Å². The third-order valence-corrected chi connectivity index (χ3v) is 6.67. The number of anilines is 1. The first-order valence-corrected chi connectivity index (χ1v) is 12.8. The van der Waals surface area contributed by atoms with Crippen molar-refractivity contribution >= 4 is 11.5 Å². The number of pyridine rings is 1. The van der Waals surface area contributed by atoms with Gasteiger partial charge in [-0.3, -0.25) is 4.90 Å². The molecule has 1 aliphatic rings. The van der Waals surface area contributed by atoms with E-state index in [1.54, 1.807) is 36.4 Å². The van der Waals surface area contributed by atoms with Gasteiger partial charge in [0.2, 0.25) is 5.95 Å². The van der Waals surface area contributed by atoms with Crippen LogP contribution in [0.2, 0.25) is 0 Å². The van der Waals surface area contributed by atoms with Gasteiger partial charge in [-0.2, -0.15) is 22.7 Å². The second-order valence-corrected chi connectivity index (χ2v) is 9.48. The van der Waals surface area contributed by atoms with Crippen LogP contribution in [0.25, 0.3) is 5.69 Å². The predicted octanol–water partition coefficient (Wildman–Crippen LogP) is 6.74. The highest BCUT2D eigenvalue weighted by Crippen LogP contribution is 2.36. The molecule has 38 heavy (non-hydrogen) atoms. The van der Waals surface area contributed by atoms with Crippen LogP contribution in [0, 0.1) is 12.9 Å². The Kier molecular flexibility index (Phi) is 8.61. The standard InChI is InChI=1S/C28H32F4N6/c1-4-5-15-37-16-9-12-23(21-13-14-33-25(29)17-21)24(18-37)34-20(3)35-27-19(2)26(28(30,31)32)36-38(27)22-10-7-6-8-11-22/h6-8,10-11,13-14,17,23,35H,3-5,9,12,15-16,18H2,1-2H3/b34-24+/t23-/m0/s1. The molecule has 3 heterocycles. The Balaban J connectivity index is 1.71. The highest BCUT2D eigenvalue weighted by atomic mass is 19.4. The van der Waals surface area contributed by atoms with Crippen molar-refractivity contribution in [2.45, 2.75) is 51.6 Å². The average Bonchev–Trinajstić information content (AvgIpc) is 3.07. The molecule has 1 N–H and O–H groups in total. The van der Waals surface area contributed by atoms with Crippen LogP contribution < -0.4 is 5.32 Å². The lowest BCUT2D eigenvalue weighted by Gasteiger charge is -2.22. The van der Waals surface area contributed by atoms with E-state index in [-0.39, 0.29) is 23.1 Å². The summed E-state index contributed by atoms with van der Waals surface area (Å²) in [5.74, 6) is -0.400. The van der Waals surface area contributed by atoms with E-state index in [1.165, 1.54) is 23.9 Å². The fourth-order valence-electron chi connectivity index (χ4n) is 4.79. The summed E-state index contributed by atoms with van der Waals surface area (Å²) in [5.41, 5.74) is 0.988. The highest BCUT2D eigenvalue weighted by Gasteiger charge is 2.38. The van der Waals surface area contributed by atoms with Gasteiger partial charge in [-0.1, -0.05) is 38.1 Å². The first kappa shape index (κ1) is 27.5. The number of benzene rings is 1. The minimum absolute atomic E-state index is 0.0547. The van der Waals surface area contributed by atoms with Gasteiger partial charge in [0.15, 0.2) is 5.69 Å². The molecule has 202 valence electrons. The summed E-state index contributed by atoms with van der Waals surface area (Å²) in [5, 5.41) is 6.86. The molecule has 1 fully saturated rings. The summed E-state index contributed by atoms with van der Waals surface area (Å²) in [7, 11) is 0. The first-order chi connectivity index (χ1) is 18.2. The normalized spacial score (nSPS) is 17.9. The molecule has 0 unspecified atom stereocenters. The van der Waals surface area contributed by atoms with Gasteiger partial charge in [0.25, 0.3) is 0 Å². The number of unbranched alkanes of at least 4 members (excludes halogenated alkanes) is 1. The second-order valence-electron chi connectivity index (χ2n) is 9.48. The number of para-hydroxylation sites is 1. The van der Waals surface area contributed by atoms with Crippen LogP contribution in [-0.4, -0.2) is 45.0 Å². The van der Waals surface area contributed by atoms with Gasteiger partial charge in [-0.05, 0) is 69.1 Å². The number of rotatable bonds is 8. The zero-order valence-corrected chi connectivity index (χ0v) is 21.6. The Bertz CT molecular complexity index is 1280. The Hall–Kier alpha value is -3.53. The molecule has 1 saturated heterocycles. The minimum atomic E-state index is -4.62. The van der Waals surface area contributed by atoms with Crippen molar-refractivity contribution in [1.29, 1.82) is 0 Å². The van der Waals surface area contributed by atoms with Crippen molar-refractivity contribution in [2.75, 3.05) is 25.0 Å². The fraction of sp³-hybridized carbons (Fsp3) is 0.393. The molecule has 1 aliphatic heterocycles. The lowest BCUT2D eigenvalue weighted by molar-refractivity contribution is -0.141. The maximum Gasteiger partial charge on any atom is 0.435 e. The maximum absolute atomic E-state index is 14.0. The molecular formula is C28H32F4N6. The van der Waals surface area contributed by atoms with Crippen molar-refractivity contribution in [3.8, 4) is 5.69 Å². The molecule has 1 atom stereocenters. The molecule has 4 rings (SSSR count). The molecule has 10 heteroatoms. The fourth-order valence-corrected chi connectivity index (χ4v) is 4.79. The van der Waals surface area contributed by atoms with E-state index in [2.05, 4.69) is 33.8 Å². The molecule has 0 radical (unpaired) electrons. The largest absolute Gasteiger partial charge is 0.435 e. The summed E-state index contributed by atoms with van der Waals surface area (Å²) < 4.78 is 56.4. The van der Waals surface area contributed by atoms with E-state index in [9.17, 15) is 17.6 Å². The van der Waals surface area contributed by atoms with E-state index >= 15 is 0 Å². The van der Waals surface area contributed by atoms with E-state index in [0.29, 0.717) is 12.2 Å². The van der Waals surface area contributed by atoms with Gasteiger partial charge < -0.3 is 5.32 Å². The summed E-state index contributed by atoms with van der Waals surface area (Å²) in [6.07, 6.45) is 0.585. The number of aromatic nitrogens is 3. The molecule has 3 aromatic rings. The van der Waals surface area contributed by atoms with Crippen LogP contribution in [0.1, 0.15) is 55.3 Å². The monoisotopic (exact) mass is 528 g/mol. The van der Waals surface area contributed by atoms with Crippen LogP contribution >= 0.6 is 0 Å². The number of nitrogens with one attached hydrogen (secondary N) is 1. The number of hydrogen-bond donors (Lipinski definition) is 1. The molecule has 0 saturated carbocycles. The van der Waals surface area contributed by atoms with E-state index < -0.39 is 17.8 Å². The number of likely N-dealkylation sites (tertiary alicyclic amines) is 1. The third-order valence-electron chi connectivity index (χ3n) is 6.67. The molecule has 1 aromatic carbocycles. The van der Waals surface area contributed by atoms with Crippen molar-refractivity contribution in [1.82, 2.24) is 19.7 Å². The van der Waals surface area contributed by atoms with Gasteiger partial charge in [0, 0.05) is 29.9 Å². The van der Waals surface area contributed by atoms with E-state index in [4.69, 9.17) is 4.99 Å². The molecule has 2 aromatic heterocycles. The Morgan fingerprint density at radius 3 is 2.66 bits per heavy atom. The summed E-state index contributed by atoms with van der Waals surface area (Å²) >= 11 is 0. The van der Waals surface area contributed by atoms with Crippen LogP contribution in [0.15, 0.2) is 66.1 Å². The summed E-state index contributed by atoms with van der Waals surface area (Å²) in [6, 6.07) is 11.8. The smallest absolute Gasteiger partial charge is 0.325 e. The molecule has 6 nitrogen and oxygen atoms in total. The van der Waals surface area contributed by atoms with Crippen LogP contribution in [0.3, 0.4) is 0 Å². The van der Waals surface area contributed by atoms with Crippen LogP contribution in [-0.2, 0) is 6.18 Å². The van der Waals surface area contributed by atoms with Crippen LogP contribution in [0.4, 0.5) is 23.4 Å². The van der Waals surface area contributed by atoms with E-state index in [0.717, 1.165) is 50.0 Å². The number of aliphatic imine (C=N–C) groups is 1. The SMILES string of the molecule is C=C(/N=C1\CN(CCCC)CCC[C@H]1c1ccnc(F)c1)Nc1c(C)c(C(F)(F)F)nn1-c1ccccc1. The summed E-state index contributed by atoms with van der Waals surface area (Å²) in [4.78, 5) is 10.8. The molecule has 0 aliphatic carbocycles. The number of hydrogen-bond acceptors (Lipinski definition) is 5. The number of alkyl halides is 3. The Morgan fingerprint density at radius 2 is 1.97 bits per heavy atom. The second kappa shape index (κ2) is 11.9. The highest BCUT2D eigenvalue weighted by molar-refractivity contribution is 5.94. The molecular weight excluding hydrogens is 496 g/mol. The zero-order chi connectivity index (χ0) is 27.3. The lowest BCUT2D eigenvalue weighted by Crippen LogP contribution is -2.31. The van der Waals surface area contributed by atoms with Crippen LogP contribution in [0.5, 0.6) is 0 Å². The number of nitrogens with zero attached hydrogens (tertiary/aromatic N) is 5. The summed E-state index contributed by atoms with van der Waals surface area (Å²) in [6.45, 7) is 9.88. The van der Waals surface area contributed by atoms with Gasteiger partial charge in [0.05, 0.1) is 5.69 Å². The quantitative estimate of drug-likeness (QED) is 0.260. The lowest BCUT2D eigenvalue weighted by atomic mass is 9.91. The van der Waals surface area contributed by atoms with Gasteiger partial charge >= 0.3 is 6.18 Å². The van der Waals surface area contributed by atoms with Crippen molar-refractivity contribution in [3.05, 3.63) is 83.8 Å².